The highest BCUT2D eigenvalue weighted by molar-refractivity contribution is 6.02. The van der Waals surface area contributed by atoms with E-state index in [0.717, 1.165) is 22.6 Å². The number of carbonyl (C=O) groups excluding carboxylic acids is 2. The van der Waals surface area contributed by atoms with Crippen LogP contribution in [-0.2, 0) is 9.59 Å². The number of carbonyl (C=O) groups is 2. The Kier molecular flexibility index (Phi) is 6.27. The second kappa shape index (κ2) is 9.66. The van der Waals surface area contributed by atoms with Gasteiger partial charge in [0.15, 0.2) is 17.3 Å². The monoisotopic (exact) mass is 469 g/mol. The minimum absolute atomic E-state index is 0.0483. The number of para-hydroxylation sites is 1. The van der Waals surface area contributed by atoms with Crippen molar-refractivity contribution in [3.05, 3.63) is 95.2 Å². The van der Waals surface area contributed by atoms with E-state index in [1.54, 1.807) is 14.2 Å². The Bertz CT molecular complexity index is 1300. The highest BCUT2D eigenvalue weighted by Crippen LogP contribution is 2.44. The number of allylic oxidation sites excluding steroid dienone is 2. The summed E-state index contributed by atoms with van der Waals surface area (Å²) in [5.41, 5.74) is 3.31. The number of rotatable bonds is 6. The van der Waals surface area contributed by atoms with Crippen LogP contribution in [0.25, 0.3) is 0 Å². The minimum atomic E-state index is -0.295. The van der Waals surface area contributed by atoms with Crippen LogP contribution >= 0.6 is 0 Å². The van der Waals surface area contributed by atoms with Gasteiger partial charge in [-0.3, -0.25) is 9.59 Å². The first kappa shape index (κ1) is 22.7. The number of benzene rings is 3. The topological polar surface area (TPSA) is 73.9 Å². The largest absolute Gasteiger partial charge is 0.493 e. The van der Waals surface area contributed by atoms with E-state index in [4.69, 9.17) is 14.2 Å². The number of ether oxygens (including phenoxy) is 3. The molecule has 0 radical (unpaired) electrons. The van der Waals surface area contributed by atoms with E-state index in [-0.39, 0.29) is 29.9 Å². The molecule has 178 valence electrons. The Morgan fingerprint density at radius 3 is 2.29 bits per heavy atom. The molecule has 1 aliphatic carbocycles. The van der Waals surface area contributed by atoms with Crippen LogP contribution in [-0.4, -0.2) is 25.9 Å². The van der Waals surface area contributed by atoms with Crippen LogP contribution in [0.2, 0.25) is 0 Å². The van der Waals surface area contributed by atoms with Gasteiger partial charge >= 0.3 is 0 Å². The maximum absolute atomic E-state index is 13.5. The summed E-state index contributed by atoms with van der Waals surface area (Å²) in [5.74, 6) is 2.31. The van der Waals surface area contributed by atoms with E-state index in [1.807, 2.05) is 72.8 Å². The van der Waals surface area contributed by atoms with Crippen molar-refractivity contribution in [2.45, 2.75) is 31.1 Å². The normalized spacial score (nSPS) is 19.6. The molecule has 1 N–H and O–H groups in total. The van der Waals surface area contributed by atoms with Crippen LogP contribution in [0.4, 0.5) is 0 Å². The molecule has 1 heterocycles. The Hall–Kier alpha value is -4.06. The summed E-state index contributed by atoms with van der Waals surface area (Å²) in [4.78, 5) is 26.1. The van der Waals surface area contributed by atoms with Gasteiger partial charge in [-0.2, -0.15) is 0 Å². The third-order valence-electron chi connectivity index (χ3n) is 6.65. The summed E-state index contributed by atoms with van der Waals surface area (Å²) in [6, 6.07) is 22.9. The molecule has 0 saturated carbocycles. The van der Waals surface area contributed by atoms with Crippen molar-refractivity contribution < 1.29 is 23.8 Å². The van der Waals surface area contributed by atoms with Crippen LogP contribution < -0.4 is 19.5 Å². The van der Waals surface area contributed by atoms with Gasteiger partial charge in [0.1, 0.15) is 11.5 Å². The van der Waals surface area contributed by atoms with Crippen molar-refractivity contribution in [1.29, 1.82) is 0 Å². The van der Waals surface area contributed by atoms with Gasteiger partial charge < -0.3 is 19.5 Å². The maximum Gasteiger partial charge on any atom is 0.225 e. The quantitative estimate of drug-likeness (QED) is 0.516. The lowest BCUT2D eigenvalue weighted by Gasteiger charge is -2.34. The molecule has 3 aromatic carbocycles. The molecule has 3 aromatic rings. The van der Waals surface area contributed by atoms with Gasteiger partial charge in [-0.15, -0.1) is 0 Å². The van der Waals surface area contributed by atoms with Crippen LogP contribution in [0, 0.1) is 0 Å². The van der Waals surface area contributed by atoms with Crippen molar-refractivity contribution in [2.75, 3.05) is 14.2 Å². The number of Topliss-reactive ketones (excluding diaryl/α,β-unsaturated/α-hetero) is 1. The lowest BCUT2D eigenvalue weighted by Crippen LogP contribution is -2.38. The number of amides is 1. The van der Waals surface area contributed by atoms with E-state index < -0.39 is 0 Å². The first-order valence-electron chi connectivity index (χ1n) is 11.7. The lowest BCUT2D eigenvalue weighted by molar-refractivity contribution is -0.122. The number of methoxy groups -OCH3 is 2. The predicted octanol–water partition coefficient (Wildman–Crippen LogP) is 5.50. The van der Waals surface area contributed by atoms with Gasteiger partial charge in [-0.05, 0) is 59.9 Å². The van der Waals surface area contributed by atoms with E-state index in [1.165, 1.54) is 0 Å². The number of nitrogens with one attached hydrogen (secondary N) is 1. The average Bonchev–Trinajstić information content (AvgIpc) is 2.88. The first-order valence-corrected chi connectivity index (χ1v) is 11.7. The Morgan fingerprint density at radius 1 is 0.743 bits per heavy atom. The Morgan fingerprint density at radius 2 is 1.51 bits per heavy atom. The van der Waals surface area contributed by atoms with Crippen molar-refractivity contribution in [1.82, 2.24) is 5.32 Å². The standard InChI is InChI=1S/C29H27NO5/c1-33-26-12-11-18(16-27(26)34-2)20-14-24-29(25(31)15-20)23(17-28(32)30-24)19-7-6-10-22(13-19)35-21-8-4-3-5-9-21/h3-13,16,20,23H,14-15,17H2,1-2H3,(H,30,32)/t20-,23+/m0/s1. The lowest BCUT2D eigenvalue weighted by atomic mass is 9.73. The summed E-state index contributed by atoms with van der Waals surface area (Å²) in [5, 5.41) is 2.99. The molecule has 6 heteroatoms. The summed E-state index contributed by atoms with van der Waals surface area (Å²) in [6.45, 7) is 0. The molecule has 1 aliphatic heterocycles. The fourth-order valence-corrected chi connectivity index (χ4v) is 5.01. The molecule has 1 amide bonds. The van der Waals surface area contributed by atoms with Crippen LogP contribution in [0.5, 0.6) is 23.0 Å². The van der Waals surface area contributed by atoms with Gasteiger partial charge in [0, 0.05) is 30.0 Å². The molecular weight excluding hydrogens is 442 g/mol. The number of ketones is 1. The molecule has 35 heavy (non-hydrogen) atoms. The van der Waals surface area contributed by atoms with Gasteiger partial charge in [-0.1, -0.05) is 36.4 Å². The molecule has 2 aliphatic rings. The van der Waals surface area contributed by atoms with Gasteiger partial charge in [-0.25, -0.2) is 0 Å². The number of hydrogen-bond donors (Lipinski definition) is 1. The second-order valence-corrected chi connectivity index (χ2v) is 8.83. The van der Waals surface area contributed by atoms with E-state index in [9.17, 15) is 9.59 Å². The van der Waals surface area contributed by atoms with Crippen LogP contribution in [0.3, 0.4) is 0 Å². The fraction of sp³-hybridized carbons (Fsp3) is 0.241. The summed E-state index contributed by atoms with van der Waals surface area (Å²) < 4.78 is 16.8. The Labute approximate surface area is 204 Å². The Balaban J connectivity index is 1.45. The molecule has 0 saturated heterocycles. The zero-order chi connectivity index (χ0) is 24.4. The highest BCUT2D eigenvalue weighted by atomic mass is 16.5. The van der Waals surface area contributed by atoms with Crippen molar-refractivity contribution >= 4 is 11.7 Å². The van der Waals surface area contributed by atoms with Crippen molar-refractivity contribution in [3.63, 3.8) is 0 Å². The van der Waals surface area contributed by atoms with Gasteiger partial charge in [0.25, 0.3) is 0 Å². The first-order chi connectivity index (χ1) is 17.1. The molecule has 0 fully saturated rings. The average molecular weight is 470 g/mol. The molecule has 0 aromatic heterocycles. The van der Waals surface area contributed by atoms with Gasteiger partial charge in [0.2, 0.25) is 5.91 Å². The number of hydrogen-bond acceptors (Lipinski definition) is 5. The molecule has 0 bridgehead atoms. The third-order valence-corrected chi connectivity index (χ3v) is 6.65. The molecule has 0 spiro atoms. The smallest absolute Gasteiger partial charge is 0.225 e. The minimum Gasteiger partial charge on any atom is -0.493 e. The zero-order valence-electron chi connectivity index (χ0n) is 19.7. The fourth-order valence-electron chi connectivity index (χ4n) is 5.01. The molecular formula is C29H27NO5. The molecule has 0 unspecified atom stereocenters. The van der Waals surface area contributed by atoms with Crippen LogP contribution in [0.1, 0.15) is 42.2 Å². The summed E-state index contributed by atoms with van der Waals surface area (Å²) >= 11 is 0. The molecule has 2 atom stereocenters. The van der Waals surface area contributed by atoms with Crippen molar-refractivity contribution in [3.8, 4) is 23.0 Å². The SMILES string of the molecule is COc1ccc([C@@H]2CC(=O)C3=C(C2)NC(=O)C[C@@H]3c2cccc(Oc3ccccc3)c2)cc1OC. The maximum atomic E-state index is 13.5. The van der Waals surface area contributed by atoms with Crippen molar-refractivity contribution in [2.24, 2.45) is 0 Å². The predicted molar refractivity (Wildman–Crippen MR) is 132 cm³/mol. The van der Waals surface area contributed by atoms with E-state index in [0.29, 0.717) is 35.7 Å². The molecule has 5 rings (SSSR count). The summed E-state index contributed by atoms with van der Waals surface area (Å²) in [7, 11) is 3.19. The van der Waals surface area contributed by atoms with E-state index in [2.05, 4.69) is 5.32 Å². The van der Waals surface area contributed by atoms with E-state index >= 15 is 0 Å². The summed E-state index contributed by atoms with van der Waals surface area (Å²) in [6.07, 6.45) is 1.19. The van der Waals surface area contributed by atoms with Gasteiger partial charge in [0.05, 0.1) is 14.2 Å². The van der Waals surface area contributed by atoms with Crippen LogP contribution in [0.15, 0.2) is 84.1 Å². The molecule has 6 nitrogen and oxygen atoms in total. The second-order valence-electron chi connectivity index (χ2n) is 8.83. The zero-order valence-corrected chi connectivity index (χ0v) is 19.7. The highest BCUT2D eigenvalue weighted by Gasteiger charge is 2.38. The third kappa shape index (κ3) is 4.64.